The molecule has 0 bridgehead atoms. The molecule has 2 aromatic carbocycles. The Kier molecular flexibility index (Phi) is 4.98. The summed E-state index contributed by atoms with van der Waals surface area (Å²) in [6.07, 6.45) is 3.92. The van der Waals surface area contributed by atoms with Gasteiger partial charge < -0.3 is 10.2 Å². The minimum Gasteiger partial charge on any atom is -0.350 e. The highest BCUT2D eigenvalue weighted by atomic mass is 32.2. The van der Waals surface area contributed by atoms with Gasteiger partial charge in [0.25, 0.3) is 0 Å². The fourth-order valence-electron chi connectivity index (χ4n) is 3.72. The SMILES string of the molecule is O=C(CSc1ccc2c(c1)CCC2)N[C@H]1CC(=O)N(c2ccccc2)C1. The van der Waals surface area contributed by atoms with Crippen LogP contribution in [0.2, 0.25) is 0 Å². The van der Waals surface area contributed by atoms with Crippen molar-refractivity contribution in [3.8, 4) is 0 Å². The Morgan fingerprint density at radius 2 is 1.92 bits per heavy atom. The summed E-state index contributed by atoms with van der Waals surface area (Å²) in [5, 5.41) is 3.01. The molecule has 1 aliphatic carbocycles. The van der Waals surface area contributed by atoms with Crippen molar-refractivity contribution in [2.75, 3.05) is 17.2 Å². The van der Waals surface area contributed by atoms with Gasteiger partial charge in [-0.15, -0.1) is 11.8 Å². The van der Waals surface area contributed by atoms with Crippen LogP contribution in [0, 0.1) is 0 Å². The number of fused-ring (bicyclic) bond motifs is 1. The van der Waals surface area contributed by atoms with E-state index in [0.29, 0.717) is 18.7 Å². The van der Waals surface area contributed by atoms with Crippen molar-refractivity contribution in [3.63, 3.8) is 0 Å². The molecule has 0 aromatic heterocycles. The first-order valence-electron chi connectivity index (χ1n) is 9.08. The highest BCUT2D eigenvalue weighted by Crippen LogP contribution is 2.27. The van der Waals surface area contributed by atoms with Gasteiger partial charge in [0.1, 0.15) is 0 Å². The van der Waals surface area contributed by atoms with Crippen LogP contribution in [-0.4, -0.2) is 30.2 Å². The van der Waals surface area contributed by atoms with E-state index in [4.69, 9.17) is 0 Å². The standard InChI is InChI=1S/C21H22N2O2S/c24-20(14-26-19-10-9-15-5-4-6-16(15)11-19)22-17-12-21(25)23(13-17)18-7-2-1-3-8-18/h1-3,7-11,17H,4-6,12-14H2,(H,22,24)/t17-/m0/s1. The second kappa shape index (κ2) is 7.54. The zero-order valence-electron chi connectivity index (χ0n) is 14.6. The van der Waals surface area contributed by atoms with Crippen LogP contribution in [0.3, 0.4) is 0 Å². The third-order valence-electron chi connectivity index (χ3n) is 5.00. The summed E-state index contributed by atoms with van der Waals surface area (Å²) in [7, 11) is 0. The zero-order valence-corrected chi connectivity index (χ0v) is 15.4. The number of hydrogen-bond donors (Lipinski definition) is 1. The molecule has 4 nitrogen and oxygen atoms in total. The van der Waals surface area contributed by atoms with Crippen LogP contribution in [0.15, 0.2) is 53.4 Å². The summed E-state index contributed by atoms with van der Waals surface area (Å²) >= 11 is 1.57. The van der Waals surface area contributed by atoms with Crippen molar-refractivity contribution in [2.45, 2.75) is 36.6 Å². The van der Waals surface area contributed by atoms with Gasteiger partial charge in [0.15, 0.2) is 0 Å². The van der Waals surface area contributed by atoms with E-state index in [1.54, 1.807) is 16.7 Å². The smallest absolute Gasteiger partial charge is 0.230 e. The van der Waals surface area contributed by atoms with Crippen LogP contribution < -0.4 is 10.2 Å². The number of nitrogens with one attached hydrogen (secondary N) is 1. The summed E-state index contributed by atoms with van der Waals surface area (Å²) in [5.74, 6) is 0.436. The molecule has 4 rings (SSSR count). The number of carbonyl (C=O) groups is 2. The van der Waals surface area contributed by atoms with Gasteiger partial charge in [-0.3, -0.25) is 9.59 Å². The minimum atomic E-state index is -0.115. The Labute approximate surface area is 158 Å². The molecule has 1 aliphatic heterocycles. The number of benzene rings is 2. The predicted octanol–water partition coefficient (Wildman–Crippen LogP) is 3.19. The van der Waals surface area contributed by atoms with Gasteiger partial charge in [0, 0.05) is 23.5 Å². The Morgan fingerprint density at radius 1 is 1.12 bits per heavy atom. The maximum absolute atomic E-state index is 12.3. The lowest BCUT2D eigenvalue weighted by molar-refractivity contribution is -0.119. The van der Waals surface area contributed by atoms with Gasteiger partial charge in [-0.05, 0) is 54.7 Å². The molecule has 134 valence electrons. The van der Waals surface area contributed by atoms with E-state index < -0.39 is 0 Å². The summed E-state index contributed by atoms with van der Waals surface area (Å²) in [6, 6.07) is 16.0. The van der Waals surface area contributed by atoms with Crippen LogP contribution in [0.25, 0.3) is 0 Å². The summed E-state index contributed by atoms with van der Waals surface area (Å²) in [6.45, 7) is 0.540. The van der Waals surface area contributed by atoms with Gasteiger partial charge in [-0.2, -0.15) is 0 Å². The fourth-order valence-corrected chi connectivity index (χ4v) is 4.49. The molecule has 1 fully saturated rings. The van der Waals surface area contributed by atoms with Gasteiger partial charge in [-0.1, -0.05) is 24.3 Å². The number of anilines is 1. The average molecular weight is 366 g/mol. The van der Waals surface area contributed by atoms with Crippen molar-refractivity contribution in [1.82, 2.24) is 5.32 Å². The van der Waals surface area contributed by atoms with E-state index in [0.717, 1.165) is 17.0 Å². The molecule has 2 aromatic rings. The van der Waals surface area contributed by atoms with Crippen LogP contribution >= 0.6 is 11.8 Å². The second-order valence-corrected chi connectivity index (χ2v) is 7.93. The van der Waals surface area contributed by atoms with Crippen molar-refractivity contribution < 1.29 is 9.59 Å². The first kappa shape index (κ1) is 17.2. The first-order valence-corrected chi connectivity index (χ1v) is 10.1. The second-order valence-electron chi connectivity index (χ2n) is 6.88. The fraction of sp³-hybridized carbons (Fsp3) is 0.333. The number of thioether (sulfide) groups is 1. The van der Waals surface area contributed by atoms with Crippen LogP contribution in [0.5, 0.6) is 0 Å². The highest BCUT2D eigenvalue weighted by molar-refractivity contribution is 8.00. The highest BCUT2D eigenvalue weighted by Gasteiger charge is 2.31. The van der Waals surface area contributed by atoms with Crippen molar-refractivity contribution >= 4 is 29.3 Å². The molecule has 2 aliphatic rings. The molecule has 0 unspecified atom stereocenters. The number of amides is 2. The Bertz CT molecular complexity index is 822. The lowest BCUT2D eigenvalue weighted by Crippen LogP contribution is -2.38. The number of para-hydroxylation sites is 1. The summed E-state index contributed by atoms with van der Waals surface area (Å²) < 4.78 is 0. The van der Waals surface area contributed by atoms with Gasteiger partial charge >= 0.3 is 0 Å². The third kappa shape index (κ3) is 3.78. The molecule has 1 saturated heterocycles. The number of hydrogen-bond acceptors (Lipinski definition) is 3. The van der Waals surface area contributed by atoms with Gasteiger partial charge in [0.05, 0.1) is 11.8 Å². The third-order valence-corrected chi connectivity index (χ3v) is 5.99. The number of nitrogens with zero attached hydrogens (tertiary/aromatic N) is 1. The predicted molar refractivity (Wildman–Crippen MR) is 105 cm³/mol. The van der Waals surface area contributed by atoms with E-state index in [-0.39, 0.29) is 17.9 Å². The molecule has 2 amide bonds. The molecule has 5 heteroatoms. The quantitative estimate of drug-likeness (QED) is 0.827. The van der Waals surface area contributed by atoms with Crippen LogP contribution in [0.1, 0.15) is 24.0 Å². The zero-order chi connectivity index (χ0) is 17.9. The maximum atomic E-state index is 12.3. The Hall–Kier alpha value is -2.27. The molecule has 1 heterocycles. The molecular weight excluding hydrogens is 344 g/mol. The topological polar surface area (TPSA) is 49.4 Å². The lowest BCUT2D eigenvalue weighted by Gasteiger charge is -2.17. The Morgan fingerprint density at radius 3 is 2.77 bits per heavy atom. The Balaban J connectivity index is 1.29. The van der Waals surface area contributed by atoms with E-state index >= 15 is 0 Å². The maximum Gasteiger partial charge on any atom is 0.230 e. The van der Waals surface area contributed by atoms with Gasteiger partial charge in [-0.25, -0.2) is 0 Å². The van der Waals surface area contributed by atoms with Crippen LogP contribution in [-0.2, 0) is 22.4 Å². The monoisotopic (exact) mass is 366 g/mol. The molecule has 1 atom stereocenters. The van der Waals surface area contributed by atoms with E-state index in [1.165, 1.54) is 24.0 Å². The van der Waals surface area contributed by atoms with Gasteiger partial charge in [0.2, 0.25) is 11.8 Å². The first-order chi connectivity index (χ1) is 12.7. The average Bonchev–Trinajstić information content (AvgIpc) is 3.26. The number of rotatable bonds is 5. The molecule has 26 heavy (non-hydrogen) atoms. The molecule has 0 radical (unpaired) electrons. The van der Waals surface area contributed by atoms with Crippen molar-refractivity contribution in [3.05, 3.63) is 59.7 Å². The van der Waals surface area contributed by atoms with Crippen molar-refractivity contribution in [1.29, 1.82) is 0 Å². The molecule has 0 saturated carbocycles. The molecule has 1 N–H and O–H groups in total. The normalized spacial score (nSPS) is 18.8. The molecule has 0 spiro atoms. The van der Waals surface area contributed by atoms with Crippen molar-refractivity contribution in [2.24, 2.45) is 0 Å². The van der Waals surface area contributed by atoms with E-state index in [9.17, 15) is 9.59 Å². The number of carbonyl (C=O) groups excluding carboxylic acids is 2. The van der Waals surface area contributed by atoms with E-state index in [1.807, 2.05) is 30.3 Å². The van der Waals surface area contributed by atoms with E-state index in [2.05, 4.69) is 23.5 Å². The minimum absolute atomic E-state index is 0.0109. The van der Waals surface area contributed by atoms with Crippen LogP contribution in [0.4, 0.5) is 5.69 Å². The molecular formula is C21H22N2O2S. The number of aryl methyl sites for hydroxylation is 2. The summed E-state index contributed by atoms with van der Waals surface area (Å²) in [4.78, 5) is 27.4. The lowest BCUT2D eigenvalue weighted by atomic mass is 10.1. The largest absolute Gasteiger partial charge is 0.350 e. The summed E-state index contributed by atoms with van der Waals surface area (Å²) in [5.41, 5.74) is 3.77.